The van der Waals surface area contributed by atoms with Gasteiger partial charge in [-0.3, -0.25) is 9.11 Å². The molecule has 0 radical (unpaired) electrons. The van der Waals surface area contributed by atoms with Crippen LogP contribution in [0.4, 0.5) is 0 Å². The minimum absolute atomic E-state index is 3.47. The van der Waals surface area contributed by atoms with E-state index in [0.717, 1.165) is 0 Å². The fourth-order valence-corrected chi connectivity index (χ4v) is 0. The maximum Gasteiger partial charge on any atom is 0.263 e. The van der Waals surface area contributed by atoms with Crippen molar-refractivity contribution in [2.24, 2.45) is 5.90 Å². The average Bonchev–Trinajstić information content (AvgIpc) is 1.36. The van der Waals surface area contributed by atoms with Gasteiger partial charge in [-0.05, 0) is 0 Å². The van der Waals surface area contributed by atoms with Crippen molar-refractivity contribution in [2.45, 2.75) is 0 Å². The van der Waals surface area contributed by atoms with Gasteiger partial charge >= 0.3 is 0 Å². The fraction of sp³-hybridized carbons (Fsp3) is 0. The zero-order valence-corrected chi connectivity index (χ0v) is 4.78. The molecule has 0 aromatic heterocycles. The third-order valence-electron chi connectivity index (χ3n) is 0. The Morgan fingerprint density at radius 3 is 1.43 bits per heavy atom. The third kappa shape index (κ3) is 2500. The van der Waals surface area contributed by atoms with E-state index in [0.29, 0.717) is 0 Å². The highest BCUT2D eigenvalue weighted by Crippen LogP contribution is 1.62. The van der Waals surface area contributed by atoms with Gasteiger partial charge in [0, 0.05) is 11.2 Å². The number of nitrogens with two attached hydrogens (primary N) is 1. The lowest BCUT2D eigenvalue weighted by Gasteiger charge is -1.73. The van der Waals surface area contributed by atoms with Gasteiger partial charge in [0.15, 0.2) is 0 Å². The Morgan fingerprint density at radius 2 is 1.43 bits per heavy atom. The van der Waals surface area contributed by atoms with E-state index in [1.165, 1.54) is 0 Å². The summed E-state index contributed by atoms with van der Waals surface area (Å²) in [6.45, 7) is 0. The highest BCUT2D eigenvalue weighted by molar-refractivity contribution is 8.26. The lowest BCUT2D eigenvalue weighted by atomic mass is 13.6. The summed E-state index contributed by atoms with van der Waals surface area (Å²) < 4.78 is 24.0. The van der Waals surface area contributed by atoms with E-state index in [9.17, 15) is 0 Å². The van der Waals surface area contributed by atoms with Crippen LogP contribution in [0.3, 0.4) is 0 Å². The summed E-state index contributed by atoms with van der Waals surface area (Å²) in [6, 6.07) is 0. The minimum atomic E-state index is -3.83. The Bertz CT molecular complexity index is 92.9. The van der Waals surface area contributed by atoms with Crippen LogP contribution in [0.2, 0.25) is 0 Å². The second-order valence-corrected chi connectivity index (χ2v) is 2.65. The SMILES string of the molecule is NO.O=S(O)(O)=S. The molecule has 0 unspecified atom stereocenters. The Labute approximate surface area is 45.4 Å². The lowest BCUT2D eigenvalue weighted by molar-refractivity contribution is 0.311. The summed E-state index contributed by atoms with van der Waals surface area (Å²) in [5.41, 5.74) is 0. The van der Waals surface area contributed by atoms with Gasteiger partial charge in [-0.2, -0.15) is 4.21 Å². The molecule has 0 bridgehead atoms. The molecular formula is H5NO4S2. The third-order valence-corrected chi connectivity index (χ3v) is 0. The van der Waals surface area contributed by atoms with Gasteiger partial charge in [0.1, 0.15) is 0 Å². The van der Waals surface area contributed by atoms with Gasteiger partial charge in [-0.25, -0.2) is 5.90 Å². The molecule has 0 amide bonds. The maximum absolute atomic E-state index is 9.11. The molecule has 0 saturated carbocycles. The summed E-state index contributed by atoms with van der Waals surface area (Å²) in [6.07, 6.45) is 0. The molecule has 0 aliphatic heterocycles. The van der Waals surface area contributed by atoms with Gasteiger partial charge in [-0.15, -0.1) is 0 Å². The van der Waals surface area contributed by atoms with Crippen LogP contribution in [-0.4, -0.2) is 18.5 Å². The van der Waals surface area contributed by atoms with E-state index >= 15 is 0 Å². The molecule has 0 spiro atoms. The first-order valence-corrected chi connectivity index (χ1v) is 3.35. The van der Waals surface area contributed by atoms with Crippen molar-refractivity contribution in [2.75, 3.05) is 0 Å². The molecule has 0 atom stereocenters. The van der Waals surface area contributed by atoms with Crippen LogP contribution in [-0.2, 0) is 20.2 Å². The van der Waals surface area contributed by atoms with Crippen LogP contribution in [0.1, 0.15) is 0 Å². The molecule has 0 aromatic carbocycles. The number of hydrogen-bond acceptors (Lipinski definition) is 4. The molecule has 0 heterocycles. The molecule has 5 N–H and O–H groups in total. The highest BCUT2D eigenvalue weighted by Gasteiger charge is 1.78. The van der Waals surface area contributed by atoms with E-state index < -0.39 is 9.05 Å². The predicted octanol–water partition coefficient (Wildman–Crippen LogP) is -0.987. The highest BCUT2D eigenvalue weighted by atomic mass is 32.9. The van der Waals surface area contributed by atoms with Gasteiger partial charge in [0.25, 0.3) is 9.05 Å². The van der Waals surface area contributed by atoms with E-state index in [2.05, 4.69) is 17.1 Å². The van der Waals surface area contributed by atoms with Crippen LogP contribution in [0, 0.1) is 0 Å². The van der Waals surface area contributed by atoms with E-state index in [1.807, 2.05) is 0 Å². The Morgan fingerprint density at radius 1 is 1.43 bits per heavy atom. The molecule has 0 saturated heterocycles. The van der Waals surface area contributed by atoms with Crippen molar-refractivity contribution >= 4 is 20.2 Å². The summed E-state index contributed by atoms with van der Waals surface area (Å²) in [4.78, 5) is 0. The van der Waals surface area contributed by atoms with E-state index in [1.54, 1.807) is 0 Å². The molecule has 46 valence electrons. The van der Waals surface area contributed by atoms with Gasteiger partial charge in [0.2, 0.25) is 0 Å². The quantitative estimate of drug-likeness (QED) is 0.328. The predicted molar refractivity (Wildman–Crippen MR) is 26.7 cm³/mol. The van der Waals surface area contributed by atoms with Crippen LogP contribution in [0.15, 0.2) is 0 Å². The number of hydrogen-bond donors (Lipinski definition) is 4. The van der Waals surface area contributed by atoms with E-state index in [4.69, 9.17) is 18.5 Å². The minimum Gasteiger partial charge on any atom is -0.320 e. The smallest absolute Gasteiger partial charge is 0.263 e. The van der Waals surface area contributed by atoms with Crippen molar-refractivity contribution in [1.82, 2.24) is 0 Å². The van der Waals surface area contributed by atoms with Crippen molar-refractivity contribution < 1.29 is 18.5 Å². The second-order valence-electron chi connectivity index (χ2n) is 0.448. The summed E-state index contributed by atoms with van der Waals surface area (Å²) in [7, 11) is -3.83. The van der Waals surface area contributed by atoms with Crippen LogP contribution in [0.25, 0.3) is 0 Å². The van der Waals surface area contributed by atoms with Crippen LogP contribution in [0.5, 0.6) is 0 Å². The van der Waals surface area contributed by atoms with E-state index in [-0.39, 0.29) is 0 Å². The monoisotopic (exact) mass is 147 g/mol. The Kier molecular flexibility index (Phi) is 6.40. The first kappa shape index (κ1) is 10.2. The molecule has 7 heteroatoms. The molecular weight excluding hydrogens is 142 g/mol. The Hall–Kier alpha value is 0.210. The summed E-state index contributed by atoms with van der Waals surface area (Å²) in [5, 5.41) is 6.50. The fourth-order valence-electron chi connectivity index (χ4n) is 0. The number of rotatable bonds is 0. The van der Waals surface area contributed by atoms with Crippen molar-refractivity contribution in [3.8, 4) is 0 Å². The van der Waals surface area contributed by atoms with Gasteiger partial charge < -0.3 is 5.21 Å². The van der Waals surface area contributed by atoms with Crippen LogP contribution < -0.4 is 5.90 Å². The standard InChI is InChI=1S/H3NO.H2O3S2/c1-2;1-5(2,3)4/h2H,1H2;(H2,1,2,3,4). The molecule has 0 rings (SSSR count). The van der Waals surface area contributed by atoms with Crippen molar-refractivity contribution in [1.29, 1.82) is 0 Å². The second kappa shape index (κ2) is 4.37. The van der Waals surface area contributed by atoms with Crippen LogP contribution >= 0.6 is 0 Å². The van der Waals surface area contributed by atoms with Gasteiger partial charge in [-0.1, -0.05) is 0 Å². The average molecular weight is 147 g/mol. The molecule has 7 heavy (non-hydrogen) atoms. The zero-order valence-electron chi connectivity index (χ0n) is 3.14. The first-order chi connectivity index (χ1) is 3.00. The molecule has 0 aromatic rings. The Balaban J connectivity index is 0. The molecule has 0 aliphatic rings. The zero-order chi connectivity index (χ0) is 6.50. The summed E-state index contributed by atoms with van der Waals surface area (Å²) in [5.74, 6) is 3.50. The molecule has 5 nitrogen and oxygen atoms in total. The maximum atomic E-state index is 9.11. The topological polar surface area (TPSA) is 104 Å². The molecule has 0 fully saturated rings. The normalized spacial score (nSPS) is 9.14. The summed E-state index contributed by atoms with van der Waals surface area (Å²) >= 11 is 3.47. The largest absolute Gasteiger partial charge is 0.320 e. The van der Waals surface area contributed by atoms with Gasteiger partial charge in [0.05, 0.1) is 0 Å². The lowest BCUT2D eigenvalue weighted by Crippen LogP contribution is -1.86. The molecule has 0 aliphatic carbocycles. The van der Waals surface area contributed by atoms with Crippen molar-refractivity contribution in [3.05, 3.63) is 0 Å². The van der Waals surface area contributed by atoms with Crippen molar-refractivity contribution in [3.63, 3.8) is 0 Å². The first-order valence-electron chi connectivity index (χ1n) is 0.957.